The Morgan fingerprint density at radius 3 is 3.00 bits per heavy atom. The van der Waals surface area contributed by atoms with Crippen LogP contribution < -0.4 is 15.4 Å². The topological polar surface area (TPSA) is 50.4 Å². The molecule has 0 bridgehead atoms. The van der Waals surface area contributed by atoms with Gasteiger partial charge in [0.15, 0.2) is 0 Å². The molecule has 0 saturated carbocycles. The lowest BCUT2D eigenvalue weighted by atomic mass is 9.76. The fraction of sp³-hybridized carbons (Fsp3) is 0.471. The lowest BCUT2D eigenvalue weighted by Crippen LogP contribution is -2.57. The van der Waals surface area contributed by atoms with Crippen LogP contribution in [0.5, 0.6) is 5.75 Å². The van der Waals surface area contributed by atoms with Crippen LogP contribution in [0.4, 0.5) is 0 Å². The monoisotopic (exact) mass is 286 g/mol. The van der Waals surface area contributed by atoms with E-state index >= 15 is 0 Å². The first kappa shape index (κ1) is 14.1. The number of fused-ring (bicyclic) bond motifs is 1. The second kappa shape index (κ2) is 5.90. The van der Waals surface area contributed by atoms with E-state index in [-0.39, 0.29) is 12.0 Å². The summed E-state index contributed by atoms with van der Waals surface area (Å²) in [4.78, 5) is 12.4. The number of hydrogen-bond donors (Lipinski definition) is 2. The third kappa shape index (κ3) is 2.68. The minimum atomic E-state index is -0.535. The van der Waals surface area contributed by atoms with Crippen LogP contribution in [0.2, 0.25) is 0 Å². The Kier molecular flexibility index (Phi) is 3.97. The van der Waals surface area contributed by atoms with E-state index in [0.717, 1.165) is 25.1 Å². The van der Waals surface area contributed by atoms with Crippen LogP contribution >= 0.6 is 0 Å². The van der Waals surface area contributed by atoms with Crippen LogP contribution in [0.3, 0.4) is 0 Å². The van der Waals surface area contributed by atoms with E-state index in [4.69, 9.17) is 4.74 Å². The number of carbonyl (C=O) groups is 1. The van der Waals surface area contributed by atoms with Gasteiger partial charge in [-0.25, -0.2) is 0 Å². The molecule has 2 N–H and O–H groups in total. The Morgan fingerprint density at radius 1 is 1.43 bits per heavy atom. The van der Waals surface area contributed by atoms with Gasteiger partial charge in [-0.05, 0) is 50.4 Å². The van der Waals surface area contributed by atoms with Gasteiger partial charge >= 0.3 is 0 Å². The number of hydrogen-bond acceptors (Lipinski definition) is 3. The molecule has 1 heterocycles. The zero-order valence-electron chi connectivity index (χ0n) is 12.3. The summed E-state index contributed by atoms with van der Waals surface area (Å²) in [5, 5.41) is 6.34. The van der Waals surface area contributed by atoms with Crippen molar-refractivity contribution in [3.8, 4) is 5.75 Å². The van der Waals surface area contributed by atoms with Gasteiger partial charge in [0.25, 0.3) is 0 Å². The molecule has 21 heavy (non-hydrogen) atoms. The van der Waals surface area contributed by atoms with Crippen molar-refractivity contribution in [3.63, 3.8) is 0 Å². The van der Waals surface area contributed by atoms with Gasteiger partial charge in [0.2, 0.25) is 5.91 Å². The van der Waals surface area contributed by atoms with Crippen molar-refractivity contribution in [3.05, 3.63) is 42.5 Å². The molecule has 4 nitrogen and oxygen atoms in total. The molecule has 4 heteroatoms. The molecule has 0 radical (unpaired) electrons. The van der Waals surface area contributed by atoms with E-state index in [1.807, 2.05) is 49.4 Å². The molecular formula is C17H22N2O2. The predicted octanol–water partition coefficient (Wildman–Crippen LogP) is 1.88. The lowest BCUT2D eigenvalue weighted by molar-refractivity contribution is -0.127. The summed E-state index contributed by atoms with van der Waals surface area (Å²) in [5.41, 5.74) is -0.535. The fourth-order valence-electron chi connectivity index (χ4n) is 3.35. The number of amides is 1. The van der Waals surface area contributed by atoms with Crippen LogP contribution in [0.1, 0.15) is 19.8 Å². The van der Waals surface area contributed by atoms with Crippen LogP contribution in [-0.4, -0.2) is 30.6 Å². The minimum Gasteiger partial charge on any atom is -0.486 e. The van der Waals surface area contributed by atoms with Gasteiger partial charge in [-0.15, -0.1) is 0 Å². The van der Waals surface area contributed by atoms with Crippen LogP contribution in [0, 0.1) is 5.92 Å². The summed E-state index contributed by atoms with van der Waals surface area (Å²) in [6.45, 7) is 3.49. The van der Waals surface area contributed by atoms with Crippen LogP contribution in [0.15, 0.2) is 42.5 Å². The Labute approximate surface area is 125 Å². The standard InChI is InChI=1S/C17H22N2O2/c1-2-18-16(20)17-10-8-15(12-13(17)9-11-19-17)21-14-6-4-3-5-7-14/h3-8,10,13,15,19H,2,9,11-12H2,1H3,(H,18,20)/t13-,15+,17+/m1/s1. The van der Waals surface area contributed by atoms with Crippen molar-refractivity contribution in [2.24, 2.45) is 5.92 Å². The number of carbonyl (C=O) groups excluding carboxylic acids is 1. The number of nitrogens with one attached hydrogen (secondary N) is 2. The first-order valence-electron chi connectivity index (χ1n) is 7.69. The highest BCUT2D eigenvalue weighted by atomic mass is 16.5. The van der Waals surface area contributed by atoms with E-state index < -0.39 is 5.54 Å². The van der Waals surface area contributed by atoms with E-state index in [0.29, 0.717) is 12.5 Å². The molecule has 1 aromatic rings. The third-order valence-electron chi connectivity index (χ3n) is 4.39. The van der Waals surface area contributed by atoms with Crippen LogP contribution in [0.25, 0.3) is 0 Å². The van der Waals surface area contributed by atoms with E-state index in [9.17, 15) is 4.79 Å². The van der Waals surface area contributed by atoms with Crippen molar-refractivity contribution in [2.75, 3.05) is 13.1 Å². The molecule has 0 unspecified atom stereocenters. The highest BCUT2D eigenvalue weighted by Gasteiger charge is 2.49. The van der Waals surface area contributed by atoms with Crippen molar-refractivity contribution < 1.29 is 9.53 Å². The molecule has 1 amide bonds. The molecule has 1 aromatic carbocycles. The Hall–Kier alpha value is -1.81. The molecule has 0 spiro atoms. The molecule has 0 aromatic heterocycles. The summed E-state index contributed by atoms with van der Waals surface area (Å²) in [5.74, 6) is 1.26. The number of ether oxygens (including phenoxy) is 1. The van der Waals surface area contributed by atoms with E-state index in [1.54, 1.807) is 0 Å². The largest absolute Gasteiger partial charge is 0.486 e. The van der Waals surface area contributed by atoms with Gasteiger partial charge in [-0.1, -0.05) is 24.3 Å². The molecule has 1 aliphatic heterocycles. The summed E-state index contributed by atoms with van der Waals surface area (Å²) >= 11 is 0. The van der Waals surface area contributed by atoms with Gasteiger partial charge in [0.1, 0.15) is 17.4 Å². The summed E-state index contributed by atoms with van der Waals surface area (Å²) in [7, 11) is 0. The molecule has 1 fully saturated rings. The van der Waals surface area contributed by atoms with Crippen LogP contribution in [-0.2, 0) is 4.79 Å². The number of likely N-dealkylation sites (N-methyl/N-ethyl adjacent to an activating group) is 1. The Balaban J connectivity index is 1.75. The molecule has 1 saturated heterocycles. The SMILES string of the molecule is CCNC(=O)[C@]12C=C[C@H](Oc3ccccc3)C[C@H]1CCN2. The highest BCUT2D eigenvalue weighted by Crippen LogP contribution is 2.37. The first-order valence-corrected chi connectivity index (χ1v) is 7.69. The van der Waals surface area contributed by atoms with Crippen molar-refractivity contribution in [1.29, 1.82) is 0 Å². The van der Waals surface area contributed by atoms with Gasteiger partial charge in [-0.3, -0.25) is 10.1 Å². The number of para-hydroxylation sites is 1. The average molecular weight is 286 g/mol. The minimum absolute atomic E-state index is 0.0415. The van der Waals surface area contributed by atoms with Gasteiger partial charge in [-0.2, -0.15) is 0 Å². The Bertz CT molecular complexity index is 529. The first-order chi connectivity index (χ1) is 10.2. The van der Waals surface area contributed by atoms with Crippen molar-refractivity contribution in [1.82, 2.24) is 10.6 Å². The van der Waals surface area contributed by atoms with E-state index in [1.165, 1.54) is 0 Å². The molecular weight excluding hydrogens is 264 g/mol. The number of rotatable bonds is 4. The van der Waals surface area contributed by atoms with Crippen molar-refractivity contribution in [2.45, 2.75) is 31.4 Å². The summed E-state index contributed by atoms with van der Waals surface area (Å²) in [6, 6.07) is 9.85. The summed E-state index contributed by atoms with van der Waals surface area (Å²) < 4.78 is 6.00. The van der Waals surface area contributed by atoms with Gasteiger partial charge in [0.05, 0.1) is 0 Å². The summed E-state index contributed by atoms with van der Waals surface area (Å²) in [6.07, 6.45) is 5.95. The zero-order valence-corrected chi connectivity index (χ0v) is 12.3. The zero-order chi connectivity index (χ0) is 14.7. The molecule has 3 atom stereocenters. The smallest absolute Gasteiger partial charge is 0.244 e. The predicted molar refractivity (Wildman–Crippen MR) is 82.1 cm³/mol. The van der Waals surface area contributed by atoms with Gasteiger partial charge in [0, 0.05) is 6.54 Å². The van der Waals surface area contributed by atoms with Crippen molar-refractivity contribution >= 4 is 5.91 Å². The average Bonchev–Trinajstić information content (AvgIpc) is 2.93. The maximum absolute atomic E-state index is 12.4. The third-order valence-corrected chi connectivity index (χ3v) is 4.39. The molecule has 1 aliphatic carbocycles. The quantitative estimate of drug-likeness (QED) is 0.831. The highest BCUT2D eigenvalue weighted by molar-refractivity contribution is 5.89. The maximum Gasteiger partial charge on any atom is 0.244 e. The Morgan fingerprint density at radius 2 is 2.24 bits per heavy atom. The number of benzene rings is 1. The maximum atomic E-state index is 12.4. The van der Waals surface area contributed by atoms with Gasteiger partial charge < -0.3 is 10.1 Å². The fourth-order valence-corrected chi connectivity index (χ4v) is 3.35. The normalized spacial score (nSPS) is 30.7. The second-order valence-electron chi connectivity index (χ2n) is 5.71. The lowest BCUT2D eigenvalue weighted by Gasteiger charge is -2.36. The molecule has 3 rings (SSSR count). The molecule has 2 aliphatic rings. The van der Waals surface area contributed by atoms with E-state index in [2.05, 4.69) is 10.6 Å². The second-order valence-corrected chi connectivity index (χ2v) is 5.71. The molecule has 112 valence electrons.